The molecule has 0 fully saturated rings. The summed E-state index contributed by atoms with van der Waals surface area (Å²) in [4.78, 5) is 16.0. The Morgan fingerprint density at radius 2 is 2.09 bits per heavy atom. The first kappa shape index (κ1) is 16.0. The van der Waals surface area contributed by atoms with Crippen molar-refractivity contribution >= 4 is 11.7 Å². The number of pyridine rings is 1. The molecule has 0 spiro atoms. The van der Waals surface area contributed by atoms with Crippen molar-refractivity contribution in [1.29, 1.82) is 0 Å². The van der Waals surface area contributed by atoms with Crippen molar-refractivity contribution in [3.63, 3.8) is 0 Å². The molecule has 0 aromatic carbocycles. The summed E-state index contributed by atoms with van der Waals surface area (Å²) in [6.45, 7) is 10.2. The summed E-state index contributed by atoms with van der Waals surface area (Å²) in [5.41, 5.74) is 2.51. The zero-order valence-electron chi connectivity index (χ0n) is 13.7. The number of urea groups is 1. The summed E-state index contributed by atoms with van der Waals surface area (Å²) in [6, 6.07) is 3.17. The van der Waals surface area contributed by atoms with Crippen LogP contribution < -0.4 is 10.6 Å². The van der Waals surface area contributed by atoms with E-state index in [1.807, 2.05) is 24.7 Å². The predicted octanol–water partition coefficient (Wildman–Crippen LogP) is 3.22. The third-order valence-electron chi connectivity index (χ3n) is 3.36. The minimum Gasteiger partial charge on any atom is -0.331 e. The molecule has 22 heavy (non-hydrogen) atoms. The van der Waals surface area contributed by atoms with Crippen LogP contribution in [0.3, 0.4) is 0 Å². The lowest BCUT2D eigenvalue weighted by molar-refractivity contribution is 0.249. The molecule has 6 nitrogen and oxygen atoms in total. The molecule has 1 unspecified atom stereocenters. The number of hydrogen-bond acceptors (Lipinski definition) is 3. The Bertz CT molecular complexity index is 642. The number of carbonyl (C=O) groups excluding carboxylic acids is 1. The van der Waals surface area contributed by atoms with Crippen LogP contribution in [-0.2, 0) is 5.54 Å². The van der Waals surface area contributed by atoms with Crippen LogP contribution in [0.4, 0.5) is 10.5 Å². The second-order valence-electron chi connectivity index (χ2n) is 6.35. The lowest BCUT2D eigenvalue weighted by atomic mass is 10.1. The van der Waals surface area contributed by atoms with E-state index in [1.165, 1.54) is 0 Å². The summed E-state index contributed by atoms with van der Waals surface area (Å²) >= 11 is 0. The Hall–Kier alpha value is -2.37. The second-order valence-corrected chi connectivity index (χ2v) is 6.35. The maximum Gasteiger partial charge on any atom is 0.319 e. The van der Waals surface area contributed by atoms with Crippen LogP contribution in [-0.4, -0.2) is 20.8 Å². The zero-order chi connectivity index (χ0) is 16.3. The molecule has 2 rings (SSSR count). The van der Waals surface area contributed by atoms with Crippen molar-refractivity contribution in [2.24, 2.45) is 0 Å². The minimum absolute atomic E-state index is 0.0826. The largest absolute Gasteiger partial charge is 0.331 e. The second kappa shape index (κ2) is 6.17. The van der Waals surface area contributed by atoms with E-state index in [0.717, 1.165) is 11.3 Å². The molecule has 2 aromatic rings. The number of amides is 2. The third-order valence-corrected chi connectivity index (χ3v) is 3.36. The molecular formula is C16H23N5O. The number of nitrogens with one attached hydrogen (secondary N) is 2. The van der Waals surface area contributed by atoms with Crippen LogP contribution in [0.1, 0.15) is 45.0 Å². The molecule has 0 radical (unpaired) electrons. The first-order valence-electron chi connectivity index (χ1n) is 7.31. The van der Waals surface area contributed by atoms with Gasteiger partial charge in [-0.2, -0.15) is 5.10 Å². The Kier molecular flexibility index (Phi) is 4.49. The highest BCUT2D eigenvalue weighted by molar-refractivity contribution is 5.89. The van der Waals surface area contributed by atoms with Crippen LogP contribution in [0.15, 0.2) is 30.7 Å². The van der Waals surface area contributed by atoms with Crippen LogP contribution >= 0.6 is 0 Å². The van der Waals surface area contributed by atoms with Crippen molar-refractivity contribution in [2.45, 2.75) is 46.2 Å². The molecule has 0 aliphatic rings. The molecule has 2 amide bonds. The molecule has 0 saturated heterocycles. The molecular weight excluding hydrogens is 278 g/mol. The smallest absolute Gasteiger partial charge is 0.319 e. The van der Waals surface area contributed by atoms with Crippen molar-refractivity contribution < 1.29 is 4.79 Å². The molecule has 0 bridgehead atoms. The summed E-state index contributed by atoms with van der Waals surface area (Å²) in [6.07, 6.45) is 5.26. The topological polar surface area (TPSA) is 71.8 Å². The number of aryl methyl sites for hydroxylation is 1. The van der Waals surface area contributed by atoms with E-state index in [9.17, 15) is 4.79 Å². The van der Waals surface area contributed by atoms with Crippen LogP contribution in [0.5, 0.6) is 0 Å². The Morgan fingerprint density at radius 3 is 2.64 bits per heavy atom. The van der Waals surface area contributed by atoms with Gasteiger partial charge in [0.25, 0.3) is 0 Å². The van der Waals surface area contributed by atoms with E-state index >= 15 is 0 Å². The summed E-state index contributed by atoms with van der Waals surface area (Å²) < 4.78 is 1.93. The number of anilines is 1. The van der Waals surface area contributed by atoms with Crippen molar-refractivity contribution in [3.05, 3.63) is 42.0 Å². The number of aromatic nitrogens is 3. The summed E-state index contributed by atoms with van der Waals surface area (Å²) in [7, 11) is 0. The van der Waals surface area contributed by atoms with Gasteiger partial charge in [0.05, 0.1) is 29.2 Å². The van der Waals surface area contributed by atoms with E-state index < -0.39 is 0 Å². The standard InChI is InChI=1S/C16H23N5O/c1-11(14-10-21(16(3,4)5)20-12(14)2)18-15(22)19-13-7-6-8-17-9-13/h6-11H,1-5H3,(H2,18,19,22). The average Bonchev–Trinajstić information content (AvgIpc) is 2.82. The summed E-state index contributed by atoms with van der Waals surface area (Å²) in [5.74, 6) is 0. The maximum absolute atomic E-state index is 12.0. The number of nitrogens with zero attached hydrogens (tertiary/aromatic N) is 3. The van der Waals surface area contributed by atoms with Crippen LogP contribution in [0.2, 0.25) is 0 Å². The molecule has 2 aromatic heterocycles. The van der Waals surface area contributed by atoms with Crippen LogP contribution in [0, 0.1) is 6.92 Å². The molecule has 1 atom stereocenters. The fourth-order valence-corrected chi connectivity index (χ4v) is 2.12. The highest BCUT2D eigenvalue weighted by Crippen LogP contribution is 2.21. The van der Waals surface area contributed by atoms with E-state index in [0.29, 0.717) is 5.69 Å². The van der Waals surface area contributed by atoms with E-state index in [4.69, 9.17) is 0 Å². The lowest BCUT2D eigenvalue weighted by Crippen LogP contribution is -2.31. The van der Waals surface area contributed by atoms with E-state index in [2.05, 4.69) is 41.5 Å². The fourth-order valence-electron chi connectivity index (χ4n) is 2.12. The van der Waals surface area contributed by atoms with Gasteiger partial charge >= 0.3 is 6.03 Å². The molecule has 0 saturated carbocycles. The van der Waals surface area contributed by atoms with Gasteiger partial charge in [0.1, 0.15) is 0 Å². The van der Waals surface area contributed by atoms with E-state index in [1.54, 1.807) is 24.5 Å². The highest BCUT2D eigenvalue weighted by atomic mass is 16.2. The quantitative estimate of drug-likeness (QED) is 0.914. The molecule has 6 heteroatoms. The fraction of sp³-hybridized carbons (Fsp3) is 0.438. The van der Waals surface area contributed by atoms with Crippen molar-refractivity contribution in [3.8, 4) is 0 Å². The maximum atomic E-state index is 12.0. The lowest BCUT2D eigenvalue weighted by Gasteiger charge is -2.19. The molecule has 0 aliphatic carbocycles. The van der Waals surface area contributed by atoms with Gasteiger partial charge in [0, 0.05) is 18.0 Å². The first-order valence-corrected chi connectivity index (χ1v) is 7.31. The van der Waals surface area contributed by atoms with Gasteiger partial charge in [-0.05, 0) is 46.8 Å². The molecule has 0 aliphatic heterocycles. The first-order chi connectivity index (χ1) is 10.3. The van der Waals surface area contributed by atoms with Gasteiger partial charge in [-0.3, -0.25) is 9.67 Å². The Morgan fingerprint density at radius 1 is 1.36 bits per heavy atom. The highest BCUT2D eigenvalue weighted by Gasteiger charge is 2.20. The Balaban J connectivity index is 2.04. The van der Waals surface area contributed by atoms with E-state index in [-0.39, 0.29) is 17.6 Å². The van der Waals surface area contributed by atoms with Gasteiger partial charge < -0.3 is 10.6 Å². The normalized spacial score (nSPS) is 12.8. The van der Waals surface area contributed by atoms with Gasteiger partial charge in [-0.25, -0.2) is 4.79 Å². The SMILES string of the molecule is Cc1nn(C(C)(C)C)cc1C(C)NC(=O)Nc1cccnc1. The van der Waals surface area contributed by atoms with Gasteiger partial charge in [0.15, 0.2) is 0 Å². The molecule has 2 N–H and O–H groups in total. The summed E-state index contributed by atoms with van der Waals surface area (Å²) in [5, 5.41) is 10.2. The van der Waals surface area contributed by atoms with Gasteiger partial charge in [-0.1, -0.05) is 0 Å². The molecule has 2 heterocycles. The van der Waals surface area contributed by atoms with Crippen molar-refractivity contribution in [1.82, 2.24) is 20.1 Å². The monoisotopic (exact) mass is 301 g/mol. The molecule has 118 valence electrons. The average molecular weight is 301 g/mol. The predicted molar refractivity (Wildman–Crippen MR) is 86.8 cm³/mol. The number of carbonyl (C=O) groups is 1. The third kappa shape index (κ3) is 3.84. The zero-order valence-corrected chi connectivity index (χ0v) is 13.7. The van der Waals surface area contributed by atoms with Gasteiger partial charge in [0.2, 0.25) is 0 Å². The number of rotatable bonds is 3. The number of hydrogen-bond donors (Lipinski definition) is 2. The minimum atomic E-state index is -0.261. The van der Waals surface area contributed by atoms with Gasteiger partial charge in [-0.15, -0.1) is 0 Å². The Labute approximate surface area is 130 Å². The van der Waals surface area contributed by atoms with Crippen molar-refractivity contribution in [2.75, 3.05) is 5.32 Å². The van der Waals surface area contributed by atoms with Crippen LogP contribution in [0.25, 0.3) is 0 Å².